The van der Waals surface area contributed by atoms with Crippen molar-refractivity contribution in [2.75, 3.05) is 29.2 Å². The van der Waals surface area contributed by atoms with Gasteiger partial charge in [-0.3, -0.25) is 0 Å². The van der Waals surface area contributed by atoms with Crippen LogP contribution in [0.3, 0.4) is 0 Å². The molecule has 0 aromatic carbocycles. The Bertz CT molecular complexity index is 615. The molecule has 1 unspecified atom stereocenters. The molecule has 1 aliphatic rings. The highest BCUT2D eigenvalue weighted by Crippen LogP contribution is 2.21. The van der Waals surface area contributed by atoms with Crippen molar-refractivity contribution in [3.05, 3.63) is 17.8 Å². The fourth-order valence-corrected chi connectivity index (χ4v) is 3.74. The number of carbonyl (C=O) groups is 1. The summed E-state index contributed by atoms with van der Waals surface area (Å²) >= 11 is 0. The summed E-state index contributed by atoms with van der Waals surface area (Å²) in [5, 5.41) is 2.98. The molecule has 3 N–H and O–H groups in total. The second kappa shape index (κ2) is 5.66. The third kappa shape index (κ3) is 3.38. The highest BCUT2D eigenvalue weighted by Gasteiger charge is 2.29. The lowest BCUT2D eigenvalue weighted by atomic mass is 10.2. The van der Waals surface area contributed by atoms with Crippen LogP contribution in [0.2, 0.25) is 0 Å². The summed E-state index contributed by atoms with van der Waals surface area (Å²) in [6, 6.07) is 1.22. The summed E-state index contributed by atoms with van der Waals surface area (Å²) in [6.07, 6.45) is 1.91. The summed E-state index contributed by atoms with van der Waals surface area (Å²) in [5.41, 5.74) is 6.18. The first-order valence-electron chi connectivity index (χ1n) is 6.31. The van der Waals surface area contributed by atoms with Crippen molar-refractivity contribution in [1.82, 2.24) is 4.98 Å². The Morgan fingerprint density at radius 1 is 1.60 bits per heavy atom. The van der Waals surface area contributed by atoms with Crippen molar-refractivity contribution in [3.8, 4) is 0 Å². The van der Waals surface area contributed by atoms with Gasteiger partial charge >= 0.3 is 5.97 Å². The number of nitrogens with one attached hydrogen (secondary N) is 1. The number of anilines is 2. The molecule has 0 radical (unpaired) electrons. The fourth-order valence-electron chi connectivity index (χ4n) is 2.06. The molecule has 1 aromatic rings. The number of ether oxygens (including phenoxy) is 1. The standard InChI is InChI=1S/C12H17N3O4S/c1-2-19-12(16)10-5-8(13)6-14-11(10)15-9-3-4-20(17,18)7-9/h5-6,9H,2-4,7,13H2,1H3,(H,14,15). The Hall–Kier alpha value is -1.83. The maximum absolute atomic E-state index is 11.8. The summed E-state index contributed by atoms with van der Waals surface area (Å²) in [4.78, 5) is 15.9. The van der Waals surface area contributed by atoms with E-state index in [9.17, 15) is 13.2 Å². The van der Waals surface area contributed by atoms with Crippen LogP contribution >= 0.6 is 0 Å². The van der Waals surface area contributed by atoms with E-state index in [4.69, 9.17) is 10.5 Å². The number of carbonyl (C=O) groups excluding carboxylic acids is 1. The molecule has 1 aromatic heterocycles. The Labute approximate surface area is 117 Å². The molecule has 1 saturated heterocycles. The van der Waals surface area contributed by atoms with E-state index >= 15 is 0 Å². The molecular formula is C12H17N3O4S. The Balaban J connectivity index is 2.21. The van der Waals surface area contributed by atoms with Gasteiger partial charge in [0.15, 0.2) is 9.84 Å². The summed E-state index contributed by atoms with van der Waals surface area (Å²) in [7, 11) is -3.00. The molecule has 0 aliphatic carbocycles. The third-order valence-corrected chi connectivity index (χ3v) is 4.75. The number of nitrogens with zero attached hydrogens (tertiary/aromatic N) is 1. The molecule has 0 saturated carbocycles. The first-order chi connectivity index (χ1) is 9.41. The highest BCUT2D eigenvalue weighted by molar-refractivity contribution is 7.91. The SMILES string of the molecule is CCOC(=O)c1cc(N)cnc1NC1CCS(=O)(=O)C1. The van der Waals surface area contributed by atoms with Gasteiger partial charge in [0.2, 0.25) is 0 Å². The van der Waals surface area contributed by atoms with E-state index in [-0.39, 0.29) is 29.7 Å². The van der Waals surface area contributed by atoms with E-state index in [0.29, 0.717) is 17.9 Å². The lowest BCUT2D eigenvalue weighted by molar-refractivity contribution is 0.0527. The van der Waals surface area contributed by atoms with Crippen molar-refractivity contribution in [2.45, 2.75) is 19.4 Å². The van der Waals surface area contributed by atoms with Crippen molar-refractivity contribution < 1.29 is 17.9 Å². The third-order valence-electron chi connectivity index (χ3n) is 2.98. The normalized spacial score (nSPS) is 20.6. The van der Waals surface area contributed by atoms with Gasteiger partial charge in [-0.2, -0.15) is 0 Å². The largest absolute Gasteiger partial charge is 0.462 e. The first kappa shape index (κ1) is 14.6. The number of rotatable bonds is 4. The van der Waals surface area contributed by atoms with Gasteiger partial charge in [-0.1, -0.05) is 0 Å². The predicted octanol–water partition coefficient (Wildman–Crippen LogP) is 0.440. The topological polar surface area (TPSA) is 111 Å². The molecule has 0 bridgehead atoms. The molecule has 1 aliphatic heterocycles. The molecule has 110 valence electrons. The maximum Gasteiger partial charge on any atom is 0.341 e. The minimum atomic E-state index is -3.00. The fraction of sp³-hybridized carbons (Fsp3) is 0.500. The Kier molecular flexibility index (Phi) is 4.12. The molecule has 2 heterocycles. The van der Waals surface area contributed by atoms with E-state index in [1.54, 1.807) is 6.92 Å². The second-order valence-corrected chi connectivity index (χ2v) is 6.86. The average Bonchev–Trinajstić information content (AvgIpc) is 2.71. The van der Waals surface area contributed by atoms with Gasteiger partial charge in [-0.15, -0.1) is 0 Å². The molecule has 0 spiro atoms. The van der Waals surface area contributed by atoms with Gasteiger partial charge in [-0.05, 0) is 19.4 Å². The molecule has 1 atom stereocenters. The van der Waals surface area contributed by atoms with Crippen molar-refractivity contribution in [1.29, 1.82) is 0 Å². The zero-order valence-electron chi connectivity index (χ0n) is 11.1. The van der Waals surface area contributed by atoms with Crippen LogP contribution in [-0.4, -0.2) is 43.5 Å². The van der Waals surface area contributed by atoms with Crippen LogP contribution in [-0.2, 0) is 14.6 Å². The smallest absolute Gasteiger partial charge is 0.341 e. The Morgan fingerprint density at radius 2 is 2.35 bits per heavy atom. The van der Waals surface area contributed by atoms with Crippen LogP contribution in [0.5, 0.6) is 0 Å². The zero-order valence-corrected chi connectivity index (χ0v) is 11.9. The van der Waals surface area contributed by atoms with E-state index in [1.165, 1.54) is 12.3 Å². The molecule has 2 rings (SSSR count). The van der Waals surface area contributed by atoms with Crippen molar-refractivity contribution in [2.24, 2.45) is 0 Å². The molecule has 7 nitrogen and oxygen atoms in total. The van der Waals surface area contributed by atoms with Crippen molar-refractivity contribution in [3.63, 3.8) is 0 Å². The number of pyridine rings is 1. The molecule has 8 heteroatoms. The number of aromatic nitrogens is 1. The van der Waals surface area contributed by atoms with Crippen LogP contribution in [0, 0.1) is 0 Å². The minimum absolute atomic E-state index is 0.0430. The van der Waals surface area contributed by atoms with E-state index in [2.05, 4.69) is 10.3 Å². The van der Waals surface area contributed by atoms with Gasteiger partial charge in [0.1, 0.15) is 11.4 Å². The highest BCUT2D eigenvalue weighted by atomic mass is 32.2. The molecule has 1 fully saturated rings. The number of nitrogens with two attached hydrogens (primary N) is 1. The van der Waals surface area contributed by atoms with E-state index in [0.717, 1.165) is 0 Å². The van der Waals surface area contributed by atoms with Crippen LogP contribution in [0.15, 0.2) is 12.3 Å². The number of hydrogen-bond donors (Lipinski definition) is 2. The van der Waals surface area contributed by atoms with Gasteiger partial charge in [-0.25, -0.2) is 18.2 Å². The van der Waals surface area contributed by atoms with Crippen LogP contribution in [0.25, 0.3) is 0 Å². The summed E-state index contributed by atoms with van der Waals surface area (Å²) in [6.45, 7) is 1.94. The van der Waals surface area contributed by atoms with Crippen LogP contribution in [0.4, 0.5) is 11.5 Å². The van der Waals surface area contributed by atoms with Gasteiger partial charge in [0.05, 0.1) is 30.0 Å². The van der Waals surface area contributed by atoms with Gasteiger partial charge in [0, 0.05) is 6.04 Å². The maximum atomic E-state index is 11.8. The first-order valence-corrected chi connectivity index (χ1v) is 8.13. The summed E-state index contributed by atoms with van der Waals surface area (Å²) < 4.78 is 27.8. The molecular weight excluding hydrogens is 282 g/mol. The van der Waals surface area contributed by atoms with Gasteiger partial charge < -0.3 is 15.8 Å². The van der Waals surface area contributed by atoms with Crippen molar-refractivity contribution >= 4 is 27.3 Å². The lowest BCUT2D eigenvalue weighted by Crippen LogP contribution is -2.23. The van der Waals surface area contributed by atoms with E-state index in [1.807, 2.05) is 0 Å². The number of esters is 1. The van der Waals surface area contributed by atoms with Crippen LogP contribution < -0.4 is 11.1 Å². The number of nitrogen functional groups attached to an aromatic ring is 1. The van der Waals surface area contributed by atoms with Gasteiger partial charge in [0.25, 0.3) is 0 Å². The quantitative estimate of drug-likeness (QED) is 0.776. The summed E-state index contributed by atoms with van der Waals surface area (Å²) in [5.74, 6) is -0.0363. The van der Waals surface area contributed by atoms with E-state index < -0.39 is 15.8 Å². The zero-order chi connectivity index (χ0) is 14.8. The monoisotopic (exact) mass is 299 g/mol. The molecule has 0 amide bonds. The Morgan fingerprint density at radius 3 is 2.95 bits per heavy atom. The minimum Gasteiger partial charge on any atom is -0.462 e. The number of sulfone groups is 1. The predicted molar refractivity (Wildman–Crippen MR) is 75.3 cm³/mol. The molecule has 20 heavy (non-hydrogen) atoms. The second-order valence-electron chi connectivity index (χ2n) is 4.63. The van der Waals surface area contributed by atoms with Crippen LogP contribution in [0.1, 0.15) is 23.7 Å². The average molecular weight is 299 g/mol. The lowest BCUT2D eigenvalue weighted by Gasteiger charge is -2.14. The number of hydrogen-bond acceptors (Lipinski definition) is 7.